The molecular formula is C15H24N4O. The Labute approximate surface area is 120 Å². The van der Waals surface area contributed by atoms with Gasteiger partial charge in [-0.15, -0.1) is 0 Å². The van der Waals surface area contributed by atoms with Crippen LogP contribution in [-0.2, 0) is 0 Å². The van der Waals surface area contributed by atoms with Gasteiger partial charge < -0.3 is 15.5 Å². The Morgan fingerprint density at radius 1 is 1.45 bits per heavy atom. The van der Waals surface area contributed by atoms with Crippen LogP contribution < -0.4 is 10.6 Å². The summed E-state index contributed by atoms with van der Waals surface area (Å²) in [4.78, 5) is 18.8. The molecule has 1 saturated carbocycles. The number of pyridine rings is 1. The number of hydrogen-bond acceptors (Lipinski definition) is 4. The molecule has 1 aromatic heterocycles. The van der Waals surface area contributed by atoms with Crippen LogP contribution in [0.25, 0.3) is 0 Å². The maximum atomic E-state index is 12.3. The van der Waals surface area contributed by atoms with E-state index in [-0.39, 0.29) is 11.4 Å². The van der Waals surface area contributed by atoms with Gasteiger partial charge in [0.15, 0.2) is 0 Å². The van der Waals surface area contributed by atoms with Crippen molar-refractivity contribution >= 4 is 11.6 Å². The standard InChI is InChI=1S/C15H24N4O/c1-11-8-13(16-2)12(9-17-11)14(20)18-10-15(19(3)4)6-5-7-15/h8-9H,5-7,10H2,1-4H3,(H,16,17)(H,18,20). The molecule has 1 aliphatic rings. The molecule has 5 heteroatoms. The van der Waals surface area contributed by atoms with E-state index in [0.29, 0.717) is 12.1 Å². The molecule has 20 heavy (non-hydrogen) atoms. The second-order valence-electron chi connectivity index (χ2n) is 5.78. The molecule has 1 aliphatic carbocycles. The van der Waals surface area contributed by atoms with Gasteiger partial charge in [-0.3, -0.25) is 9.78 Å². The highest BCUT2D eigenvalue weighted by atomic mass is 16.1. The van der Waals surface area contributed by atoms with E-state index in [1.54, 1.807) is 6.20 Å². The molecule has 110 valence electrons. The maximum absolute atomic E-state index is 12.3. The predicted octanol–water partition coefficient (Wildman–Crippen LogP) is 1.65. The number of rotatable bonds is 5. The maximum Gasteiger partial charge on any atom is 0.255 e. The van der Waals surface area contributed by atoms with Crippen LogP contribution in [0.2, 0.25) is 0 Å². The van der Waals surface area contributed by atoms with Crippen molar-refractivity contribution < 1.29 is 4.79 Å². The molecule has 2 rings (SSSR count). The van der Waals surface area contributed by atoms with E-state index in [2.05, 4.69) is 34.6 Å². The van der Waals surface area contributed by atoms with Crippen LogP contribution in [-0.4, -0.2) is 49.0 Å². The molecule has 2 N–H and O–H groups in total. The van der Waals surface area contributed by atoms with Crippen molar-refractivity contribution in [2.45, 2.75) is 31.7 Å². The van der Waals surface area contributed by atoms with E-state index in [9.17, 15) is 4.79 Å². The minimum atomic E-state index is -0.0602. The smallest absolute Gasteiger partial charge is 0.255 e. The highest BCUT2D eigenvalue weighted by Crippen LogP contribution is 2.35. The normalized spacial score (nSPS) is 16.6. The molecule has 1 heterocycles. The molecule has 0 bridgehead atoms. The highest BCUT2D eigenvalue weighted by molar-refractivity contribution is 5.99. The number of carbonyl (C=O) groups is 1. The van der Waals surface area contributed by atoms with Crippen LogP contribution in [0.3, 0.4) is 0 Å². The van der Waals surface area contributed by atoms with Crippen molar-refractivity contribution in [1.82, 2.24) is 15.2 Å². The fourth-order valence-corrected chi connectivity index (χ4v) is 2.65. The van der Waals surface area contributed by atoms with Gasteiger partial charge in [-0.1, -0.05) is 0 Å². The van der Waals surface area contributed by atoms with E-state index in [4.69, 9.17) is 0 Å². The van der Waals surface area contributed by atoms with Crippen molar-refractivity contribution in [2.24, 2.45) is 0 Å². The fraction of sp³-hybridized carbons (Fsp3) is 0.600. The highest BCUT2D eigenvalue weighted by Gasteiger charge is 2.39. The first-order valence-corrected chi connectivity index (χ1v) is 7.08. The van der Waals surface area contributed by atoms with E-state index >= 15 is 0 Å². The van der Waals surface area contributed by atoms with Crippen LogP contribution in [0.1, 0.15) is 35.3 Å². The van der Waals surface area contributed by atoms with E-state index in [1.165, 1.54) is 6.42 Å². The summed E-state index contributed by atoms with van der Waals surface area (Å²) in [6, 6.07) is 1.89. The molecule has 1 aromatic rings. The molecule has 0 unspecified atom stereocenters. The summed E-state index contributed by atoms with van der Waals surface area (Å²) in [6.07, 6.45) is 5.16. The lowest BCUT2D eigenvalue weighted by molar-refractivity contribution is 0.0558. The van der Waals surface area contributed by atoms with Crippen molar-refractivity contribution in [3.63, 3.8) is 0 Å². The largest absolute Gasteiger partial charge is 0.387 e. The lowest BCUT2D eigenvalue weighted by Crippen LogP contribution is -2.57. The first-order chi connectivity index (χ1) is 9.48. The number of amides is 1. The molecule has 0 aliphatic heterocycles. The van der Waals surface area contributed by atoms with Crippen molar-refractivity contribution in [2.75, 3.05) is 33.0 Å². The number of hydrogen-bond donors (Lipinski definition) is 2. The van der Waals surface area contributed by atoms with E-state index in [1.807, 2.05) is 20.0 Å². The van der Waals surface area contributed by atoms with Crippen molar-refractivity contribution in [3.05, 3.63) is 23.5 Å². The average Bonchev–Trinajstić information content (AvgIpc) is 2.36. The third kappa shape index (κ3) is 2.77. The second kappa shape index (κ2) is 5.79. The zero-order valence-corrected chi connectivity index (χ0v) is 12.8. The van der Waals surface area contributed by atoms with Gasteiger partial charge in [0, 0.05) is 31.0 Å². The first kappa shape index (κ1) is 14.8. The topological polar surface area (TPSA) is 57.3 Å². The Hall–Kier alpha value is -1.62. The number of anilines is 1. The molecule has 0 spiro atoms. The molecule has 0 atom stereocenters. The van der Waals surface area contributed by atoms with Gasteiger partial charge in [0.1, 0.15) is 0 Å². The summed E-state index contributed by atoms with van der Waals surface area (Å²) >= 11 is 0. The van der Waals surface area contributed by atoms with Gasteiger partial charge >= 0.3 is 0 Å². The predicted molar refractivity (Wildman–Crippen MR) is 81.1 cm³/mol. The third-order valence-corrected chi connectivity index (χ3v) is 4.37. The van der Waals surface area contributed by atoms with Gasteiger partial charge in [0.25, 0.3) is 5.91 Å². The lowest BCUT2D eigenvalue weighted by Gasteiger charge is -2.47. The van der Waals surface area contributed by atoms with Crippen molar-refractivity contribution in [3.8, 4) is 0 Å². The molecule has 1 amide bonds. The molecule has 1 fully saturated rings. The van der Waals surface area contributed by atoms with Crippen LogP contribution in [0.5, 0.6) is 0 Å². The molecule has 0 saturated heterocycles. The summed E-state index contributed by atoms with van der Waals surface area (Å²) in [6.45, 7) is 2.60. The van der Waals surface area contributed by atoms with Gasteiger partial charge in [0.2, 0.25) is 0 Å². The second-order valence-corrected chi connectivity index (χ2v) is 5.78. The SMILES string of the molecule is CNc1cc(C)ncc1C(=O)NCC1(N(C)C)CCC1. The summed E-state index contributed by atoms with van der Waals surface area (Å²) < 4.78 is 0. The molecular weight excluding hydrogens is 252 g/mol. The Balaban J connectivity index is 2.05. The van der Waals surface area contributed by atoms with Gasteiger partial charge in [0.05, 0.1) is 11.3 Å². The zero-order valence-electron chi connectivity index (χ0n) is 12.8. The average molecular weight is 276 g/mol. The Kier molecular flexibility index (Phi) is 4.28. The number of aromatic nitrogens is 1. The molecule has 0 radical (unpaired) electrons. The Morgan fingerprint density at radius 2 is 2.15 bits per heavy atom. The van der Waals surface area contributed by atoms with E-state index < -0.39 is 0 Å². The van der Waals surface area contributed by atoms with Gasteiger partial charge in [-0.25, -0.2) is 0 Å². The Morgan fingerprint density at radius 3 is 2.65 bits per heavy atom. The number of nitrogens with one attached hydrogen (secondary N) is 2. The monoisotopic (exact) mass is 276 g/mol. The van der Waals surface area contributed by atoms with Crippen molar-refractivity contribution in [1.29, 1.82) is 0 Å². The summed E-state index contributed by atoms with van der Waals surface area (Å²) in [5, 5.41) is 6.11. The minimum absolute atomic E-state index is 0.0602. The van der Waals surface area contributed by atoms with Gasteiger partial charge in [-0.2, -0.15) is 0 Å². The Bertz CT molecular complexity index is 495. The first-order valence-electron chi connectivity index (χ1n) is 7.08. The van der Waals surface area contributed by atoms with Crippen LogP contribution in [0, 0.1) is 6.92 Å². The lowest BCUT2D eigenvalue weighted by atomic mass is 9.75. The summed E-state index contributed by atoms with van der Waals surface area (Å²) in [5.74, 6) is -0.0602. The third-order valence-electron chi connectivity index (χ3n) is 4.37. The summed E-state index contributed by atoms with van der Waals surface area (Å²) in [7, 11) is 5.98. The fourth-order valence-electron chi connectivity index (χ4n) is 2.65. The van der Waals surface area contributed by atoms with Crippen LogP contribution >= 0.6 is 0 Å². The van der Waals surface area contributed by atoms with Crippen LogP contribution in [0.15, 0.2) is 12.3 Å². The molecule has 5 nitrogen and oxygen atoms in total. The number of nitrogens with zero attached hydrogens (tertiary/aromatic N) is 2. The van der Waals surface area contributed by atoms with E-state index in [0.717, 1.165) is 24.2 Å². The quantitative estimate of drug-likeness (QED) is 0.858. The number of carbonyl (C=O) groups excluding carboxylic acids is 1. The summed E-state index contributed by atoms with van der Waals surface area (Å²) in [5.41, 5.74) is 2.46. The zero-order chi connectivity index (χ0) is 14.8. The number of aryl methyl sites for hydroxylation is 1. The van der Waals surface area contributed by atoms with Gasteiger partial charge in [-0.05, 0) is 46.3 Å². The minimum Gasteiger partial charge on any atom is -0.387 e. The molecule has 0 aromatic carbocycles. The number of likely N-dealkylation sites (N-methyl/N-ethyl adjacent to an activating group) is 1. The van der Waals surface area contributed by atoms with Crippen LogP contribution in [0.4, 0.5) is 5.69 Å².